The highest BCUT2D eigenvalue weighted by atomic mass is 35.5. The van der Waals surface area contributed by atoms with Crippen LogP contribution >= 0.6 is 11.6 Å². The van der Waals surface area contributed by atoms with Gasteiger partial charge in [-0.15, -0.1) is 0 Å². The average molecular weight is 400 g/mol. The second-order valence-electron chi connectivity index (χ2n) is 7.47. The van der Waals surface area contributed by atoms with Crippen LogP contribution in [0.1, 0.15) is 23.1 Å². The molecule has 0 saturated carbocycles. The fourth-order valence-corrected chi connectivity index (χ4v) is 3.89. The summed E-state index contributed by atoms with van der Waals surface area (Å²) in [4.78, 5) is 16.9. The average Bonchev–Trinajstić information content (AvgIpc) is 2.70. The summed E-state index contributed by atoms with van der Waals surface area (Å²) in [5.41, 5.74) is 5.18. The van der Waals surface area contributed by atoms with Crippen LogP contribution in [-0.4, -0.2) is 50.1 Å². The Labute approximate surface area is 173 Å². The summed E-state index contributed by atoms with van der Waals surface area (Å²) in [7, 11) is 0. The van der Waals surface area contributed by atoms with Crippen LogP contribution in [0.4, 0.5) is 5.69 Å². The maximum Gasteiger partial charge on any atom is 0.223 e. The highest BCUT2D eigenvalue weighted by Crippen LogP contribution is 2.23. The van der Waals surface area contributed by atoms with Gasteiger partial charge in [-0.1, -0.05) is 35.9 Å². The quantitative estimate of drug-likeness (QED) is 0.719. The Hall–Kier alpha value is -2.04. The summed E-state index contributed by atoms with van der Waals surface area (Å²) in [5.74, 6) is 0.246. The van der Waals surface area contributed by atoms with E-state index in [2.05, 4.69) is 48.3 Å². The molecule has 0 spiro atoms. The van der Waals surface area contributed by atoms with E-state index >= 15 is 0 Å². The third kappa shape index (κ3) is 5.49. The van der Waals surface area contributed by atoms with Crippen LogP contribution in [0.25, 0.3) is 0 Å². The summed E-state index contributed by atoms with van der Waals surface area (Å²) >= 11 is 6.00. The minimum atomic E-state index is 0.246. The predicted octanol–water partition coefficient (Wildman–Crippen LogP) is 3.83. The predicted molar refractivity (Wildman–Crippen MR) is 117 cm³/mol. The van der Waals surface area contributed by atoms with E-state index in [1.807, 2.05) is 23.1 Å². The van der Waals surface area contributed by atoms with E-state index in [4.69, 9.17) is 11.6 Å². The van der Waals surface area contributed by atoms with Gasteiger partial charge in [-0.25, -0.2) is 0 Å². The Bertz CT molecular complexity index is 800. The summed E-state index contributed by atoms with van der Waals surface area (Å²) < 4.78 is 0. The first kappa shape index (κ1) is 20.7. The third-order valence-electron chi connectivity index (χ3n) is 5.54. The SMILES string of the molecule is Cc1cccc(N2CCN(C(=O)CCNCCc3cccc(Cl)c3)CC2)c1C. The fourth-order valence-electron chi connectivity index (χ4n) is 3.68. The summed E-state index contributed by atoms with van der Waals surface area (Å²) in [6.07, 6.45) is 1.47. The largest absolute Gasteiger partial charge is 0.368 e. The van der Waals surface area contributed by atoms with E-state index < -0.39 is 0 Å². The van der Waals surface area contributed by atoms with Crippen molar-refractivity contribution in [2.75, 3.05) is 44.2 Å². The minimum absolute atomic E-state index is 0.246. The Morgan fingerprint density at radius 3 is 2.54 bits per heavy atom. The minimum Gasteiger partial charge on any atom is -0.368 e. The number of benzene rings is 2. The zero-order valence-electron chi connectivity index (χ0n) is 16.9. The topological polar surface area (TPSA) is 35.6 Å². The lowest BCUT2D eigenvalue weighted by atomic mass is 10.1. The summed E-state index contributed by atoms with van der Waals surface area (Å²) in [6, 6.07) is 14.4. The van der Waals surface area contributed by atoms with Gasteiger partial charge in [0, 0.05) is 49.9 Å². The fraction of sp³-hybridized carbons (Fsp3) is 0.435. The number of rotatable bonds is 7. The number of piperazine rings is 1. The van der Waals surface area contributed by atoms with Crippen LogP contribution in [0.3, 0.4) is 0 Å². The molecule has 0 aliphatic carbocycles. The van der Waals surface area contributed by atoms with Gasteiger partial charge in [0.1, 0.15) is 0 Å². The van der Waals surface area contributed by atoms with Gasteiger partial charge in [0.2, 0.25) is 5.91 Å². The molecule has 3 rings (SSSR count). The number of hydrogen-bond acceptors (Lipinski definition) is 3. The van der Waals surface area contributed by atoms with Crippen molar-refractivity contribution in [3.8, 4) is 0 Å². The van der Waals surface area contributed by atoms with Gasteiger partial charge >= 0.3 is 0 Å². The number of carbonyl (C=O) groups is 1. The number of amides is 1. The maximum absolute atomic E-state index is 12.5. The monoisotopic (exact) mass is 399 g/mol. The van der Waals surface area contributed by atoms with Crippen LogP contribution in [0.5, 0.6) is 0 Å². The molecular formula is C23H30ClN3O. The number of anilines is 1. The first-order valence-electron chi connectivity index (χ1n) is 10.1. The van der Waals surface area contributed by atoms with Gasteiger partial charge in [0.05, 0.1) is 0 Å². The Balaban J connectivity index is 1.36. The molecule has 0 atom stereocenters. The molecule has 1 saturated heterocycles. The number of nitrogens with one attached hydrogen (secondary N) is 1. The van der Waals surface area contributed by atoms with Crippen LogP contribution in [0, 0.1) is 13.8 Å². The molecule has 0 bridgehead atoms. The molecular weight excluding hydrogens is 370 g/mol. The Morgan fingerprint density at radius 1 is 1.04 bits per heavy atom. The van der Waals surface area contributed by atoms with Gasteiger partial charge in [0.15, 0.2) is 0 Å². The molecule has 0 radical (unpaired) electrons. The molecule has 4 nitrogen and oxygen atoms in total. The highest BCUT2D eigenvalue weighted by Gasteiger charge is 2.21. The first-order chi connectivity index (χ1) is 13.5. The smallest absolute Gasteiger partial charge is 0.223 e. The van der Waals surface area contributed by atoms with Crippen molar-refractivity contribution >= 4 is 23.2 Å². The van der Waals surface area contributed by atoms with Crippen molar-refractivity contribution in [2.45, 2.75) is 26.7 Å². The molecule has 1 N–H and O–H groups in total. The van der Waals surface area contributed by atoms with E-state index in [0.29, 0.717) is 6.42 Å². The molecule has 0 aromatic heterocycles. The van der Waals surface area contributed by atoms with Gasteiger partial charge in [-0.3, -0.25) is 4.79 Å². The van der Waals surface area contributed by atoms with Crippen molar-refractivity contribution in [1.82, 2.24) is 10.2 Å². The second kappa shape index (κ2) is 9.94. The summed E-state index contributed by atoms with van der Waals surface area (Å²) in [6.45, 7) is 9.31. The lowest BCUT2D eigenvalue weighted by Crippen LogP contribution is -2.49. The number of aryl methyl sites for hydroxylation is 1. The molecule has 1 heterocycles. The number of hydrogen-bond donors (Lipinski definition) is 1. The Morgan fingerprint density at radius 2 is 1.79 bits per heavy atom. The van der Waals surface area contributed by atoms with Crippen LogP contribution in [0.15, 0.2) is 42.5 Å². The number of carbonyl (C=O) groups excluding carboxylic acids is 1. The van der Waals surface area contributed by atoms with Gasteiger partial charge in [-0.05, 0) is 61.7 Å². The number of halogens is 1. The molecule has 1 aliphatic heterocycles. The van der Waals surface area contributed by atoms with E-state index in [1.165, 1.54) is 22.4 Å². The maximum atomic E-state index is 12.5. The standard InChI is InChI=1S/C23H30ClN3O/c1-18-5-3-8-22(19(18)2)26-13-15-27(16-14-26)23(28)10-12-25-11-9-20-6-4-7-21(24)17-20/h3-8,17,25H,9-16H2,1-2H3. The van der Waals surface area contributed by atoms with Crippen molar-refractivity contribution < 1.29 is 4.79 Å². The third-order valence-corrected chi connectivity index (χ3v) is 5.78. The zero-order chi connectivity index (χ0) is 19.9. The highest BCUT2D eigenvalue weighted by molar-refractivity contribution is 6.30. The van der Waals surface area contributed by atoms with Crippen LogP contribution in [-0.2, 0) is 11.2 Å². The Kier molecular flexibility index (Phi) is 7.35. The van der Waals surface area contributed by atoms with Gasteiger partial charge in [-0.2, -0.15) is 0 Å². The van der Waals surface area contributed by atoms with E-state index in [9.17, 15) is 4.79 Å². The molecule has 1 amide bonds. The molecule has 2 aromatic carbocycles. The van der Waals surface area contributed by atoms with E-state index in [-0.39, 0.29) is 5.91 Å². The van der Waals surface area contributed by atoms with Crippen LogP contribution in [0.2, 0.25) is 5.02 Å². The van der Waals surface area contributed by atoms with Gasteiger partial charge < -0.3 is 15.1 Å². The lowest BCUT2D eigenvalue weighted by molar-refractivity contribution is -0.131. The van der Waals surface area contributed by atoms with Gasteiger partial charge in [0.25, 0.3) is 0 Å². The molecule has 1 fully saturated rings. The number of nitrogens with zero attached hydrogens (tertiary/aromatic N) is 2. The molecule has 28 heavy (non-hydrogen) atoms. The second-order valence-corrected chi connectivity index (χ2v) is 7.90. The van der Waals surface area contributed by atoms with Crippen LogP contribution < -0.4 is 10.2 Å². The van der Waals surface area contributed by atoms with Crippen molar-refractivity contribution in [2.24, 2.45) is 0 Å². The first-order valence-corrected chi connectivity index (χ1v) is 10.5. The van der Waals surface area contributed by atoms with E-state index in [1.54, 1.807) is 0 Å². The molecule has 2 aromatic rings. The van der Waals surface area contributed by atoms with Crippen molar-refractivity contribution in [3.63, 3.8) is 0 Å². The molecule has 5 heteroatoms. The molecule has 0 unspecified atom stereocenters. The van der Waals surface area contributed by atoms with Crippen molar-refractivity contribution in [1.29, 1.82) is 0 Å². The normalized spacial score (nSPS) is 14.4. The lowest BCUT2D eigenvalue weighted by Gasteiger charge is -2.37. The van der Waals surface area contributed by atoms with Crippen molar-refractivity contribution in [3.05, 3.63) is 64.2 Å². The molecule has 1 aliphatic rings. The molecule has 150 valence electrons. The summed E-state index contributed by atoms with van der Waals surface area (Å²) in [5, 5.41) is 4.14. The zero-order valence-corrected chi connectivity index (χ0v) is 17.6. The van der Waals surface area contributed by atoms with E-state index in [0.717, 1.165) is 50.7 Å².